The van der Waals surface area contributed by atoms with Crippen LogP contribution in [0.5, 0.6) is 0 Å². The van der Waals surface area contributed by atoms with Crippen molar-refractivity contribution in [1.82, 2.24) is 0 Å². The first-order chi connectivity index (χ1) is 51.1. The normalized spacial score (nSPS) is 13.8. The van der Waals surface area contributed by atoms with Gasteiger partial charge in [-0.05, 0) is 224 Å². The minimum Gasteiger partial charge on any atom is -0.456 e. The molecular weight excluding hydrogens is 1270 g/mol. The zero-order valence-corrected chi connectivity index (χ0v) is 56.3. The molecule has 0 unspecified atom stereocenters. The van der Waals surface area contributed by atoms with E-state index in [1.165, 1.54) is 142 Å². The van der Waals surface area contributed by atoms with Gasteiger partial charge in [0.2, 0.25) is 0 Å². The van der Waals surface area contributed by atoms with Crippen molar-refractivity contribution in [2.24, 2.45) is 0 Å². The Morgan fingerprint density at radius 2 is 0.534 bits per heavy atom. The van der Waals surface area contributed by atoms with Crippen molar-refractivity contribution < 1.29 is 8.83 Å². The monoisotopic (exact) mass is 1320 g/mol. The van der Waals surface area contributed by atoms with E-state index in [0.29, 0.717) is 0 Å². The van der Waals surface area contributed by atoms with Crippen LogP contribution in [0.4, 0.5) is 34.1 Å². The molecule has 4 aliphatic carbocycles. The van der Waals surface area contributed by atoms with Crippen molar-refractivity contribution in [3.63, 3.8) is 0 Å². The van der Waals surface area contributed by atoms with Gasteiger partial charge in [0.05, 0.1) is 21.2 Å². The largest absolute Gasteiger partial charge is 0.456 e. The molecule has 0 atom stereocenters. The molecular formula is C98H56N2O2S. The highest BCUT2D eigenvalue weighted by atomic mass is 32.1. The molecule has 20 aromatic rings. The van der Waals surface area contributed by atoms with Crippen molar-refractivity contribution in [2.75, 3.05) is 9.80 Å². The fourth-order valence-electron chi connectivity index (χ4n) is 19.6. The number of hydrogen-bond donors (Lipinski definition) is 0. The van der Waals surface area contributed by atoms with E-state index in [0.717, 1.165) is 78.0 Å². The third-order valence-electron chi connectivity index (χ3n) is 23.6. The maximum atomic E-state index is 6.55. The first-order valence-electron chi connectivity index (χ1n) is 35.6. The van der Waals surface area contributed by atoms with Gasteiger partial charge in [0.25, 0.3) is 0 Å². The zero-order chi connectivity index (χ0) is 67.0. The minimum atomic E-state index is -0.516. The van der Waals surface area contributed by atoms with Crippen LogP contribution in [0.15, 0.2) is 349 Å². The second-order valence-corrected chi connectivity index (χ2v) is 29.4. The van der Waals surface area contributed by atoms with Crippen molar-refractivity contribution in [2.45, 2.75) is 10.8 Å². The summed E-state index contributed by atoms with van der Waals surface area (Å²) >= 11 is 1.89. The number of thiophene rings is 1. The highest BCUT2D eigenvalue weighted by Crippen LogP contribution is 2.66. The number of benzene rings is 17. The van der Waals surface area contributed by atoms with E-state index in [1.54, 1.807) is 0 Å². The average Bonchev–Trinajstić information content (AvgIpc) is 1.52. The first kappa shape index (κ1) is 55.8. The summed E-state index contributed by atoms with van der Waals surface area (Å²) in [6, 6.07) is 128. The molecule has 4 nitrogen and oxygen atoms in total. The molecule has 24 rings (SSSR count). The molecule has 4 aliphatic rings. The second kappa shape index (κ2) is 20.3. The molecule has 0 saturated carbocycles. The molecule has 0 radical (unpaired) electrons. The summed E-state index contributed by atoms with van der Waals surface area (Å²) in [6.45, 7) is 0. The van der Waals surface area contributed by atoms with Crippen LogP contribution in [0.25, 0.3) is 141 Å². The molecule has 0 fully saturated rings. The van der Waals surface area contributed by atoms with Gasteiger partial charge in [-0.2, -0.15) is 0 Å². The Hall–Kier alpha value is -13.1. The highest BCUT2D eigenvalue weighted by Gasteiger charge is 2.53. The van der Waals surface area contributed by atoms with Crippen LogP contribution in [0.2, 0.25) is 0 Å². The van der Waals surface area contributed by atoms with Gasteiger partial charge < -0.3 is 18.6 Å². The van der Waals surface area contributed by atoms with Gasteiger partial charge >= 0.3 is 0 Å². The molecule has 0 saturated heterocycles. The summed E-state index contributed by atoms with van der Waals surface area (Å²) in [4.78, 5) is 5.02. The van der Waals surface area contributed by atoms with Crippen LogP contribution in [0.1, 0.15) is 44.5 Å². The maximum Gasteiger partial charge on any atom is 0.135 e. The van der Waals surface area contributed by atoms with Crippen LogP contribution in [0.3, 0.4) is 0 Å². The van der Waals surface area contributed by atoms with Crippen LogP contribution in [-0.4, -0.2) is 0 Å². The Balaban J connectivity index is 0.716. The van der Waals surface area contributed by atoms with Gasteiger partial charge in [0.15, 0.2) is 0 Å². The van der Waals surface area contributed by atoms with E-state index in [2.05, 4.69) is 350 Å². The van der Waals surface area contributed by atoms with Crippen LogP contribution < -0.4 is 9.80 Å². The van der Waals surface area contributed by atoms with Crippen molar-refractivity contribution in [3.05, 3.63) is 384 Å². The molecule has 17 aromatic carbocycles. The summed E-state index contributed by atoms with van der Waals surface area (Å²) in [5.41, 5.74) is 29.7. The fourth-order valence-corrected chi connectivity index (χ4v) is 20.8. The van der Waals surface area contributed by atoms with Gasteiger partial charge in [0, 0.05) is 65.5 Å². The predicted octanol–water partition coefficient (Wildman–Crippen LogP) is 26.9. The van der Waals surface area contributed by atoms with Crippen molar-refractivity contribution >= 4 is 142 Å². The Morgan fingerprint density at radius 3 is 1.02 bits per heavy atom. The molecule has 3 aromatic heterocycles. The molecule has 476 valence electrons. The van der Waals surface area contributed by atoms with E-state index in [-0.39, 0.29) is 0 Å². The molecule has 0 bridgehead atoms. The number of para-hydroxylation sites is 2. The van der Waals surface area contributed by atoms with E-state index < -0.39 is 10.8 Å². The Morgan fingerprint density at radius 1 is 0.204 bits per heavy atom. The lowest BCUT2D eigenvalue weighted by Gasteiger charge is -2.32. The predicted molar refractivity (Wildman–Crippen MR) is 428 cm³/mol. The lowest BCUT2D eigenvalue weighted by atomic mass is 9.70. The van der Waals surface area contributed by atoms with Gasteiger partial charge in [-0.25, -0.2) is 0 Å². The Kier molecular flexibility index (Phi) is 11.0. The summed E-state index contributed by atoms with van der Waals surface area (Å²) in [6.07, 6.45) is 0. The topological polar surface area (TPSA) is 32.8 Å². The smallest absolute Gasteiger partial charge is 0.135 e. The lowest BCUT2D eigenvalue weighted by molar-refractivity contribution is 0.668. The van der Waals surface area contributed by atoms with Crippen molar-refractivity contribution in [1.29, 1.82) is 0 Å². The van der Waals surface area contributed by atoms with Gasteiger partial charge in [-0.1, -0.05) is 237 Å². The maximum absolute atomic E-state index is 6.55. The first-order valence-corrected chi connectivity index (χ1v) is 36.4. The van der Waals surface area contributed by atoms with Crippen molar-refractivity contribution in [3.8, 4) is 44.5 Å². The summed E-state index contributed by atoms with van der Waals surface area (Å²) in [7, 11) is 0. The van der Waals surface area contributed by atoms with Crippen LogP contribution in [0, 0.1) is 0 Å². The van der Waals surface area contributed by atoms with Crippen LogP contribution in [-0.2, 0) is 10.8 Å². The quantitative estimate of drug-likeness (QED) is 0.155. The fraction of sp³-hybridized carbons (Fsp3) is 0.0204. The van der Waals surface area contributed by atoms with Gasteiger partial charge in [-0.15, -0.1) is 11.3 Å². The van der Waals surface area contributed by atoms with Gasteiger partial charge in [-0.3, -0.25) is 0 Å². The molecule has 2 spiro atoms. The molecule has 5 heteroatoms. The average molecular weight is 1330 g/mol. The van der Waals surface area contributed by atoms with E-state index >= 15 is 0 Å². The number of fused-ring (bicyclic) bond motifs is 35. The molecule has 3 heterocycles. The molecule has 0 amide bonds. The zero-order valence-electron chi connectivity index (χ0n) is 55.5. The number of nitrogens with zero attached hydrogens (tertiary/aromatic N) is 2. The number of anilines is 6. The third kappa shape index (κ3) is 7.23. The lowest BCUT2D eigenvalue weighted by Crippen LogP contribution is -2.26. The highest BCUT2D eigenvalue weighted by molar-refractivity contribution is 7.26. The second-order valence-electron chi connectivity index (χ2n) is 28.4. The van der Waals surface area contributed by atoms with Gasteiger partial charge in [0.1, 0.15) is 22.3 Å². The number of rotatable bonds is 6. The molecule has 0 N–H and O–H groups in total. The minimum absolute atomic E-state index is 0.515. The van der Waals surface area contributed by atoms with E-state index in [1.807, 2.05) is 11.3 Å². The number of furan rings is 2. The number of hydrogen-bond acceptors (Lipinski definition) is 5. The third-order valence-corrected chi connectivity index (χ3v) is 24.8. The summed E-state index contributed by atoms with van der Waals surface area (Å²) in [5.74, 6) is 0. The van der Waals surface area contributed by atoms with E-state index in [9.17, 15) is 0 Å². The van der Waals surface area contributed by atoms with E-state index in [4.69, 9.17) is 8.83 Å². The Labute approximate surface area is 596 Å². The Bertz CT molecular complexity index is 7060. The standard InChI is InChI=1S/C98H56N2O2S/c1-2-21-63-62(20-1)76-50-57(99(58-43-48-93-79(51-58)73-28-9-17-38-91(73)101-93)60-41-46-71-69-26-7-15-35-86(69)97(88(71)53-60)82-31-11-3-22-65(82)66-23-4-12-32-83(66)97)40-45-64(76)78-56-95-81(55-77(63)78)75-30-19-37-90(96(75)103-95)100(59-44-49-94-80(52-59)74-29-10-18-39-92(74)102-94)61-42-47-72-70-27-8-16-36-87(70)98(89(72)54-61)84-33-13-5-24-67(84)68-25-6-14-34-85(68)98/h1-56H. The summed E-state index contributed by atoms with van der Waals surface area (Å²) < 4.78 is 15.6. The molecule has 103 heavy (non-hydrogen) atoms. The van der Waals surface area contributed by atoms with Crippen LogP contribution >= 0.6 is 11.3 Å². The molecule has 0 aliphatic heterocycles. The summed E-state index contributed by atoms with van der Waals surface area (Å²) in [5, 5.41) is 14.1. The SMILES string of the molecule is c1ccc2c(c1)-c1ccccc1C21c2ccccc2-c2ccc(N(c3ccc4oc5ccccc5c4c3)c3ccc4c(c3)c3ccccc3c3cc5c(cc43)sc3c(N(c4ccc6c(c4)C4(c7ccccc7-c7ccccc74)c4ccccc4-6)c4ccc6oc7ccccc7c6c4)cccc35)cc21.